The Morgan fingerprint density at radius 2 is 1.18 bits per heavy atom. The third-order valence-electron chi connectivity index (χ3n) is 5.29. The van der Waals surface area contributed by atoms with Crippen molar-refractivity contribution in [1.82, 2.24) is 0 Å². The maximum Gasteiger partial charge on any atom is -0.0132 e. The van der Waals surface area contributed by atoms with Crippen molar-refractivity contribution in [3.8, 4) is 0 Å². The first kappa shape index (κ1) is 20.1. The predicted molar refractivity (Wildman–Crippen MR) is 123 cm³/mol. The maximum atomic E-state index is 2.35. The van der Waals surface area contributed by atoms with Gasteiger partial charge in [-0.2, -0.15) is 0 Å². The van der Waals surface area contributed by atoms with Crippen LogP contribution in [0, 0.1) is 5.92 Å². The van der Waals surface area contributed by atoms with Crippen molar-refractivity contribution in [3.05, 3.63) is 113 Å². The molecule has 0 spiro atoms. The summed E-state index contributed by atoms with van der Waals surface area (Å²) < 4.78 is 0. The molecule has 0 aliphatic heterocycles. The first-order valence-electron chi connectivity index (χ1n) is 10.4. The van der Waals surface area contributed by atoms with E-state index >= 15 is 0 Å². The third kappa shape index (κ3) is 6.23. The highest BCUT2D eigenvalue weighted by Crippen LogP contribution is 2.23. The van der Waals surface area contributed by atoms with Crippen LogP contribution in [0.15, 0.2) is 91.0 Å². The Balaban J connectivity index is 1.67. The summed E-state index contributed by atoms with van der Waals surface area (Å²) in [7, 11) is 0. The Labute approximate surface area is 171 Å². The molecule has 0 aliphatic carbocycles. The molecule has 0 aromatic heterocycles. The average Bonchev–Trinajstić information content (AvgIpc) is 2.69. The minimum Gasteiger partial charge on any atom is -0.0836 e. The molecule has 0 N–H and O–H groups in total. The second kappa shape index (κ2) is 9.55. The van der Waals surface area contributed by atoms with Crippen LogP contribution < -0.4 is 0 Å². The van der Waals surface area contributed by atoms with E-state index in [9.17, 15) is 0 Å². The van der Waals surface area contributed by atoms with Crippen LogP contribution in [0.3, 0.4) is 0 Å². The summed E-state index contributed by atoms with van der Waals surface area (Å²) in [6, 6.07) is 30.7. The predicted octanol–water partition coefficient (Wildman–Crippen LogP) is 7.49. The molecule has 0 heteroatoms. The van der Waals surface area contributed by atoms with Gasteiger partial charge in [0.2, 0.25) is 0 Å². The summed E-state index contributed by atoms with van der Waals surface area (Å²) in [5.74, 6) is 0.606. The van der Waals surface area contributed by atoms with E-state index in [1.807, 2.05) is 0 Å². The summed E-state index contributed by atoms with van der Waals surface area (Å²) in [4.78, 5) is 0. The molecular formula is C28H32. The molecule has 0 bridgehead atoms. The SMILES string of the molecule is CC(C)(C)c1ccc(C=CCC(Cc2ccccc2)Cc2ccccc2)cc1. The van der Waals surface area contributed by atoms with Gasteiger partial charge in [-0.3, -0.25) is 0 Å². The van der Waals surface area contributed by atoms with Crippen molar-refractivity contribution in [2.75, 3.05) is 0 Å². The second-order valence-electron chi connectivity index (χ2n) is 8.76. The highest BCUT2D eigenvalue weighted by Gasteiger charge is 2.12. The number of allylic oxidation sites excluding steroid dienone is 1. The van der Waals surface area contributed by atoms with Gasteiger partial charge >= 0.3 is 0 Å². The van der Waals surface area contributed by atoms with Gasteiger partial charge < -0.3 is 0 Å². The normalized spacial score (nSPS) is 12.0. The van der Waals surface area contributed by atoms with Crippen LogP contribution in [0.5, 0.6) is 0 Å². The van der Waals surface area contributed by atoms with Gasteiger partial charge in [0, 0.05) is 0 Å². The molecule has 0 saturated carbocycles. The van der Waals surface area contributed by atoms with Crippen LogP contribution in [0.1, 0.15) is 49.4 Å². The molecule has 0 heterocycles. The van der Waals surface area contributed by atoms with E-state index in [2.05, 4.69) is 118 Å². The minimum atomic E-state index is 0.207. The lowest BCUT2D eigenvalue weighted by molar-refractivity contribution is 0.529. The van der Waals surface area contributed by atoms with Gasteiger partial charge in [0.1, 0.15) is 0 Å². The lowest BCUT2D eigenvalue weighted by Crippen LogP contribution is -2.10. The topological polar surface area (TPSA) is 0 Å². The van der Waals surface area contributed by atoms with Gasteiger partial charge in [-0.25, -0.2) is 0 Å². The Morgan fingerprint density at radius 3 is 1.64 bits per heavy atom. The van der Waals surface area contributed by atoms with Crippen LogP contribution in [0.25, 0.3) is 6.08 Å². The monoisotopic (exact) mass is 368 g/mol. The van der Waals surface area contributed by atoms with E-state index in [-0.39, 0.29) is 5.41 Å². The molecule has 0 aliphatic rings. The third-order valence-corrected chi connectivity index (χ3v) is 5.29. The average molecular weight is 369 g/mol. The van der Waals surface area contributed by atoms with Crippen molar-refractivity contribution in [3.63, 3.8) is 0 Å². The number of rotatable bonds is 7. The minimum absolute atomic E-state index is 0.207. The fourth-order valence-electron chi connectivity index (χ4n) is 3.62. The van der Waals surface area contributed by atoms with Crippen LogP contribution >= 0.6 is 0 Å². The van der Waals surface area contributed by atoms with Crippen molar-refractivity contribution < 1.29 is 0 Å². The lowest BCUT2D eigenvalue weighted by atomic mass is 9.86. The molecule has 0 fully saturated rings. The van der Waals surface area contributed by atoms with Gasteiger partial charge in [0.15, 0.2) is 0 Å². The van der Waals surface area contributed by atoms with Crippen LogP contribution in [-0.2, 0) is 18.3 Å². The zero-order chi connectivity index (χ0) is 19.8. The van der Waals surface area contributed by atoms with E-state index in [4.69, 9.17) is 0 Å². The molecule has 28 heavy (non-hydrogen) atoms. The summed E-state index contributed by atoms with van der Waals surface area (Å²) in [5, 5.41) is 0. The maximum absolute atomic E-state index is 2.35. The van der Waals surface area contributed by atoms with Gasteiger partial charge in [-0.1, -0.05) is 118 Å². The van der Waals surface area contributed by atoms with Gasteiger partial charge in [0.05, 0.1) is 0 Å². The molecule has 0 unspecified atom stereocenters. The van der Waals surface area contributed by atoms with Gasteiger partial charge in [-0.05, 0) is 52.8 Å². The number of hydrogen-bond donors (Lipinski definition) is 0. The Bertz CT molecular complexity index is 808. The smallest absolute Gasteiger partial charge is 0.0132 e. The molecule has 144 valence electrons. The Morgan fingerprint density at radius 1 is 0.679 bits per heavy atom. The molecule has 3 rings (SSSR count). The van der Waals surface area contributed by atoms with E-state index < -0.39 is 0 Å². The molecular weight excluding hydrogens is 336 g/mol. The van der Waals surface area contributed by atoms with E-state index in [1.165, 1.54) is 22.3 Å². The molecule has 0 saturated heterocycles. The van der Waals surface area contributed by atoms with Crippen LogP contribution in [-0.4, -0.2) is 0 Å². The van der Waals surface area contributed by atoms with E-state index in [0.29, 0.717) is 5.92 Å². The summed E-state index contributed by atoms with van der Waals surface area (Å²) in [6.45, 7) is 6.78. The molecule has 0 radical (unpaired) electrons. The lowest BCUT2D eigenvalue weighted by Gasteiger charge is -2.18. The molecule has 3 aromatic rings. The molecule has 3 aromatic carbocycles. The largest absolute Gasteiger partial charge is 0.0836 e. The van der Waals surface area contributed by atoms with E-state index in [0.717, 1.165) is 19.3 Å². The van der Waals surface area contributed by atoms with Gasteiger partial charge in [0.25, 0.3) is 0 Å². The standard InChI is InChI=1S/C28H32/c1-28(2,3)27-19-17-23(18-20-27)15-10-16-26(21-24-11-6-4-7-12-24)22-25-13-8-5-9-14-25/h4-15,17-20,26H,16,21-22H2,1-3H3. The number of hydrogen-bond acceptors (Lipinski definition) is 0. The summed E-state index contributed by atoms with van der Waals surface area (Å²) in [5.41, 5.74) is 5.72. The fraction of sp³-hybridized carbons (Fsp3) is 0.286. The Kier molecular flexibility index (Phi) is 6.87. The van der Waals surface area contributed by atoms with Crippen molar-refractivity contribution in [2.24, 2.45) is 5.92 Å². The quantitative estimate of drug-likeness (QED) is 0.405. The zero-order valence-electron chi connectivity index (χ0n) is 17.4. The first-order valence-corrected chi connectivity index (χ1v) is 10.4. The van der Waals surface area contributed by atoms with E-state index in [1.54, 1.807) is 0 Å². The van der Waals surface area contributed by atoms with Crippen LogP contribution in [0.2, 0.25) is 0 Å². The van der Waals surface area contributed by atoms with Crippen LogP contribution in [0.4, 0.5) is 0 Å². The highest BCUT2D eigenvalue weighted by atomic mass is 14.2. The second-order valence-corrected chi connectivity index (χ2v) is 8.76. The van der Waals surface area contributed by atoms with Crippen molar-refractivity contribution >= 4 is 6.08 Å². The zero-order valence-corrected chi connectivity index (χ0v) is 17.4. The molecule has 0 amide bonds. The Hall–Kier alpha value is -2.60. The summed E-state index contributed by atoms with van der Waals surface area (Å²) in [6.07, 6.45) is 7.94. The molecule has 0 atom stereocenters. The number of benzene rings is 3. The van der Waals surface area contributed by atoms with Crippen molar-refractivity contribution in [1.29, 1.82) is 0 Å². The first-order chi connectivity index (χ1) is 13.5. The highest BCUT2D eigenvalue weighted by molar-refractivity contribution is 5.50. The van der Waals surface area contributed by atoms with Crippen molar-refractivity contribution in [2.45, 2.75) is 45.4 Å². The summed E-state index contributed by atoms with van der Waals surface area (Å²) >= 11 is 0. The fourth-order valence-corrected chi connectivity index (χ4v) is 3.62. The van der Waals surface area contributed by atoms with Gasteiger partial charge in [-0.15, -0.1) is 0 Å². The molecule has 0 nitrogen and oxygen atoms in total.